The summed E-state index contributed by atoms with van der Waals surface area (Å²) in [5.74, 6) is -0.791. The highest BCUT2D eigenvalue weighted by Crippen LogP contribution is 2.25. The van der Waals surface area contributed by atoms with Crippen LogP contribution in [0.2, 0.25) is 0 Å². The minimum Gasteiger partial charge on any atom is -0.325 e. The van der Waals surface area contributed by atoms with E-state index in [1.54, 1.807) is 43.3 Å². The molecule has 0 aromatic heterocycles. The molecule has 1 saturated heterocycles. The van der Waals surface area contributed by atoms with Crippen molar-refractivity contribution in [3.63, 3.8) is 0 Å². The largest absolute Gasteiger partial charge is 0.332 e. The van der Waals surface area contributed by atoms with E-state index in [9.17, 15) is 14.4 Å². The fraction of sp³-hybridized carbons (Fsp3) is 0.211. The molecule has 6 nitrogen and oxygen atoms in total. The van der Waals surface area contributed by atoms with Crippen LogP contribution in [0.1, 0.15) is 12.5 Å². The number of benzene rings is 2. The Bertz CT molecular complexity index is 802. The third kappa shape index (κ3) is 3.38. The molecule has 0 bridgehead atoms. The van der Waals surface area contributed by atoms with Crippen LogP contribution in [0.15, 0.2) is 54.6 Å². The molecule has 2 aromatic carbocycles. The Kier molecular flexibility index (Phi) is 4.52. The van der Waals surface area contributed by atoms with Gasteiger partial charge in [-0.15, -0.1) is 0 Å². The molecular formula is C19H19N3O3. The average Bonchev–Trinajstić information content (AvgIpc) is 2.81. The SMILES string of the molecule is Cc1ccc(NC(=O)CN2C(=O)[C@H](C)N(c3ccccc3)C2=O)cc1. The van der Waals surface area contributed by atoms with Gasteiger partial charge in [0.1, 0.15) is 12.6 Å². The predicted molar refractivity (Wildman–Crippen MR) is 95.3 cm³/mol. The van der Waals surface area contributed by atoms with Gasteiger partial charge < -0.3 is 5.32 Å². The van der Waals surface area contributed by atoms with Crippen LogP contribution in [-0.2, 0) is 9.59 Å². The number of urea groups is 1. The van der Waals surface area contributed by atoms with E-state index in [0.29, 0.717) is 11.4 Å². The zero-order valence-electron chi connectivity index (χ0n) is 14.1. The molecule has 1 heterocycles. The molecule has 3 rings (SSSR count). The monoisotopic (exact) mass is 337 g/mol. The standard InChI is InChI=1S/C19H19N3O3/c1-13-8-10-15(11-9-13)20-17(23)12-21-18(24)14(2)22(19(21)25)16-6-4-3-5-7-16/h3-11,14H,12H2,1-2H3,(H,20,23)/t14-/m0/s1. The summed E-state index contributed by atoms with van der Waals surface area (Å²) in [5.41, 5.74) is 2.34. The van der Waals surface area contributed by atoms with Crippen LogP contribution < -0.4 is 10.2 Å². The predicted octanol–water partition coefficient (Wildman–Crippen LogP) is 2.79. The van der Waals surface area contributed by atoms with Crippen LogP contribution in [0.5, 0.6) is 0 Å². The number of amides is 4. The van der Waals surface area contributed by atoms with Crippen molar-refractivity contribution in [3.8, 4) is 0 Å². The number of anilines is 2. The molecular weight excluding hydrogens is 318 g/mol. The molecule has 1 aliphatic heterocycles. The van der Waals surface area contributed by atoms with Gasteiger partial charge in [-0.1, -0.05) is 35.9 Å². The van der Waals surface area contributed by atoms with Gasteiger partial charge >= 0.3 is 6.03 Å². The number of imide groups is 1. The van der Waals surface area contributed by atoms with E-state index in [-0.39, 0.29) is 12.5 Å². The number of para-hydroxylation sites is 1. The Morgan fingerprint density at radius 3 is 2.32 bits per heavy atom. The summed E-state index contributed by atoms with van der Waals surface area (Å²) in [6.45, 7) is 3.30. The third-order valence-electron chi connectivity index (χ3n) is 4.12. The Balaban J connectivity index is 1.72. The summed E-state index contributed by atoms with van der Waals surface area (Å²) in [5, 5.41) is 2.70. The van der Waals surface area contributed by atoms with E-state index in [1.807, 2.05) is 25.1 Å². The minimum atomic E-state index is -0.637. The van der Waals surface area contributed by atoms with Crippen molar-refractivity contribution in [2.75, 3.05) is 16.8 Å². The molecule has 1 atom stereocenters. The molecule has 1 N–H and O–H groups in total. The number of aryl methyl sites for hydroxylation is 1. The average molecular weight is 337 g/mol. The number of nitrogens with one attached hydrogen (secondary N) is 1. The summed E-state index contributed by atoms with van der Waals surface area (Å²) >= 11 is 0. The second-order valence-electron chi connectivity index (χ2n) is 6.00. The molecule has 0 aliphatic carbocycles. The Morgan fingerprint density at radius 2 is 1.68 bits per heavy atom. The van der Waals surface area contributed by atoms with Crippen molar-refractivity contribution >= 4 is 29.2 Å². The third-order valence-corrected chi connectivity index (χ3v) is 4.12. The lowest BCUT2D eigenvalue weighted by Gasteiger charge is -2.19. The van der Waals surface area contributed by atoms with Crippen LogP contribution in [0, 0.1) is 6.92 Å². The maximum absolute atomic E-state index is 12.6. The van der Waals surface area contributed by atoms with Gasteiger partial charge in [0.25, 0.3) is 5.91 Å². The quantitative estimate of drug-likeness (QED) is 0.872. The number of carbonyl (C=O) groups excluding carboxylic acids is 3. The first kappa shape index (κ1) is 16.7. The normalized spacial score (nSPS) is 17.1. The van der Waals surface area contributed by atoms with Crippen molar-refractivity contribution in [2.24, 2.45) is 0 Å². The van der Waals surface area contributed by atoms with Crippen molar-refractivity contribution in [3.05, 3.63) is 60.2 Å². The molecule has 0 radical (unpaired) electrons. The molecule has 0 saturated carbocycles. The van der Waals surface area contributed by atoms with E-state index in [4.69, 9.17) is 0 Å². The number of rotatable bonds is 4. The fourth-order valence-corrected chi connectivity index (χ4v) is 2.78. The lowest BCUT2D eigenvalue weighted by Crippen LogP contribution is -2.39. The Morgan fingerprint density at radius 1 is 1.04 bits per heavy atom. The summed E-state index contributed by atoms with van der Waals surface area (Å²) in [6, 6.07) is 15.1. The molecule has 25 heavy (non-hydrogen) atoms. The highest BCUT2D eigenvalue weighted by molar-refractivity contribution is 6.16. The first-order chi connectivity index (χ1) is 12.0. The summed E-state index contributed by atoms with van der Waals surface area (Å²) in [7, 11) is 0. The minimum absolute atomic E-state index is 0.306. The zero-order chi connectivity index (χ0) is 18.0. The van der Waals surface area contributed by atoms with Crippen LogP contribution >= 0.6 is 0 Å². The van der Waals surface area contributed by atoms with Gasteiger partial charge in [0.15, 0.2) is 0 Å². The van der Waals surface area contributed by atoms with Crippen LogP contribution in [0.4, 0.5) is 16.2 Å². The topological polar surface area (TPSA) is 69.7 Å². The van der Waals surface area contributed by atoms with E-state index in [1.165, 1.54) is 4.90 Å². The lowest BCUT2D eigenvalue weighted by molar-refractivity contribution is -0.130. The lowest BCUT2D eigenvalue weighted by atomic mass is 10.2. The summed E-state index contributed by atoms with van der Waals surface area (Å²) < 4.78 is 0. The fourth-order valence-electron chi connectivity index (χ4n) is 2.78. The molecule has 2 aromatic rings. The number of hydrogen-bond donors (Lipinski definition) is 1. The van der Waals surface area contributed by atoms with E-state index >= 15 is 0 Å². The second-order valence-corrected chi connectivity index (χ2v) is 6.00. The maximum Gasteiger partial charge on any atom is 0.332 e. The van der Waals surface area contributed by atoms with E-state index in [2.05, 4.69) is 5.32 Å². The Labute approximate surface area is 146 Å². The van der Waals surface area contributed by atoms with E-state index in [0.717, 1.165) is 10.5 Å². The molecule has 6 heteroatoms. The van der Waals surface area contributed by atoms with Crippen LogP contribution in [-0.4, -0.2) is 35.3 Å². The molecule has 1 aliphatic rings. The van der Waals surface area contributed by atoms with E-state index < -0.39 is 18.0 Å². The highest BCUT2D eigenvalue weighted by Gasteiger charge is 2.43. The van der Waals surface area contributed by atoms with Crippen molar-refractivity contribution < 1.29 is 14.4 Å². The van der Waals surface area contributed by atoms with Crippen molar-refractivity contribution in [1.29, 1.82) is 0 Å². The summed E-state index contributed by atoms with van der Waals surface area (Å²) in [4.78, 5) is 39.6. The smallest absolute Gasteiger partial charge is 0.325 e. The van der Waals surface area contributed by atoms with Gasteiger partial charge in [-0.3, -0.25) is 19.4 Å². The second kappa shape index (κ2) is 6.76. The van der Waals surface area contributed by atoms with Gasteiger partial charge in [0.05, 0.1) is 0 Å². The van der Waals surface area contributed by atoms with Gasteiger partial charge in [0, 0.05) is 11.4 Å². The number of carbonyl (C=O) groups is 3. The number of hydrogen-bond acceptors (Lipinski definition) is 3. The van der Waals surface area contributed by atoms with Crippen molar-refractivity contribution in [1.82, 2.24) is 4.90 Å². The molecule has 0 spiro atoms. The van der Waals surface area contributed by atoms with Crippen LogP contribution in [0.25, 0.3) is 0 Å². The molecule has 1 fully saturated rings. The molecule has 4 amide bonds. The Hall–Kier alpha value is -3.15. The molecule has 0 unspecified atom stereocenters. The summed E-state index contributed by atoms with van der Waals surface area (Å²) in [6.07, 6.45) is 0. The molecule has 128 valence electrons. The first-order valence-electron chi connectivity index (χ1n) is 8.03. The highest BCUT2D eigenvalue weighted by atomic mass is 16.2. The van der Waals surface area contributed by atoms with Crippen LogP contribution in [0.3, 0.4) is 0 Å². The maximum atomic E-state index is 12.6. The van der Waals surface area contributed by atoms with Gasteiger partial charge in [-0.05, 0) is 38.1 Å². The van der Waals surface area contributed by atoms with Gasteiger partial charge in [0.2, 0.25) is 5.91 Å². The zero-order valence-corrected chi connectivity index (χ0v) is 14.1. The first-order valence-corrected chi connectivity index (χ1v) is 8.03. The van der Waals surface area contributed by atoms with Crippen molar-refractivity contribution in [2.45, 2.75) is 19.9 Å². The van der Waals surface area contributed by atoms with Gasteiger partial charge in [-0.2, -0.15) is 0 Å². The number of nitrogens with zero attached hydrogens (tertiary/aromatic N) is 2. The van der Waals surface area contributed by atoms with Gasteiger partial charge in [-0.25, -0.2) is 4.79 Å².